The average Bonchev–Trinajstić information content (AvgIpc) is 2.28. The Morgan fingerprint density at radius 1 is 1.24 bits per heavy atom. The zero-order valence-electron chi connectivity index (χ0n) is 11.5. The van der Waals surface area contributed by atoms with Crippen LogP contribution in [0.3, 0.4) is 0 Å². The lowest BCUT2D eigenvalue weighted by Crippen LogP contribution is -2.59. The van der Waals surface area contributed by atoms with Crippen LogP contribution in [-0.4, -0.2) is 50.3 Å². The Morgan fingerprint density at radius 2 is 1.94 bits per heavy atom. The van der Waals surface area contributed by atoms with Crippen LogP contribution in [0.15, 0.2) is 0 Å². The number of ether oxygens (including phenoxy) is 1. The van der Waals surface area contributed by atoms with Crippen LogP contribution in [0, 0.1) is 5.92 Å². The number of rotatable bonds is 6. The highest BCUT2D eigenvalue weighted by Crippen LogP contribution is 2.24. The average molecular weight is 240 g/mol. The van der Waals surface area contributed by atoms with Crippen LogP contribution in [0.1, 0.15) is 39.0 Å². The molecule has 0 radical (unpaired) electrons. The van der Waals surface area contributed by atoms with E-state index in [0.29, 0.717) is 0 Å². The van der Waals surface area contributed by atoms with E-state index in [1.165, 1.54) is 38.6 Å². The molecule has 1 saturated carbocycles. The summed E-state index contributed by atoms with van der Waals surface area (Å²) in [5.41, 5.74) is 0.117. The Labute approximate surface area is 106 Å². The smallest absolute Gasteiger partial charge is 0.0902 e. The minimum absolute atomic E-state index is 0.117. The van der Waals surface area contributed by atoms with Gasteiger partial charge >= 0.3 is 0 Å². The van der Waals surface area contributed by atoms with Gasteiger partial charge < -0.3 is 15.0 Å². The Bertz CT molecular complexity index is 222. The van der Waals surface area contributed by atoms with Crippen molar-refractivity contribution in [1.29, 1.82) is 0 Å². The predicted molar refractivity (Wildman–Crippen MR) is 71.3 cm³/mol. The van der Waals surface area contributed by atoms with Gasteiger partial charge in [0.25, 0.3) is 0 Å². The summed E-state index contributed by atoms with van der Waals surface area (Å²) in [4.78, 5) is 2.45. The van der Waals surface area contributed by atoms with Crippen LogP contribution >= 0.6 is 0 Å². The fourth-order valence-corrected chi connectivity index (χ4v) is 2.93. The van der Waals surface area contributed by atoms with Crippen molar-refractivity contribution in [3.63, 3.8) is 0 Å². The van der Waals surface area contributed by atoms with Crippen molar-refractivity contribution < 1.29 is 4.74 Å². The number of nitrogens with zero attached hydrogens (tertiary/aromatic N) is 1. The van der Waals surface area contributed by atoms with Gasteiger partial charge in [-0.05, 0) is 32.7 Å². The molecular weight excluding hydrogens is 212 g/mol. The van der Waals surface area contributed by atoms with Gasteiger partial charge in [-0.25, -0.2) is 0 Å². The zero-order chi connectivity index (χ0) is 12.1. The molecule has 1 aliphatic heterocycles. The summed E-state index contributed by atoms with van der Waals surface area (Å²) < 4.78 is 5.92. The Morgan fingerprint density at radius 3 is 2.53 bits per heavy atom. The number of hydrogen-bond donors (Lipinski definition) is 1. The summed E-state index contributed by atoms with van der Waals surface area (Å²) in [7, 11) is 2.24. The molecule has 2 aliphatic rings. The van der Waals surface area contributed by atoms with E-state index in [0.717, 1.165) is 32.2 Å². The maximum Gasteiger partial charge on any atom is 0.0902 e. The SMILES string of the molecule is CN(CCOC1(C)CNC1)CC1CCCCC1. The van der Waals surface area contributed by atoms with Crippen LogP contribution in [-0.2, 0) is 4.74 Å². The van der Waals surface area contributed by atoms with Crippen molar-refractivity contribution in [2.75, 3.05) is 39.8 Å². The van der Waals surface area contributed by atoms with Gasteiger partial charge in [0.05, 0.1) is 12.2 Å². The van der Waals surface area contributed by atoms with Gasteiger partial charge in [0.2, 0.25) is 0 Å². The molecule has 0 aromatic carbocycles. The molecule has 3 heteroatoms. The van der Waals surface area contributed by atoms with E-state index in [1.54, 1.807) is 0 Å². The highest BCUT2D eigenvalue weighted by molar-refractivity contribution is 4.90. The van der Waals surface area contributed by atoms with Crippen molar-refractivity contribution in [3.05, 3.63) is 0 Å². The molecule has 0 spiro atoms. The molecule has 1 saturated heterocycles. The zero-order valence-corrected chi connectivity index (χ0v) is 11.5. The van der Waals surface area contributed by atoms with Gasteiger partial charge in [-0.2, -0.15) is 0 Å². The molecule has 100 valence electrons. The lowest BCUT2D eigenvalue weighted by atomic mass is 9.89. The second-order valence-corrected chi connectivity index (χ2v) is 6.17. The summed E-state index contributed by atoms with van der Waals surface area (Å²) in [6.07, 6.45) is 7.21. The standard InChI is InChI=1S/C14H28N2O/c1-14(11-15-12-14)17-9-8-16(2)10-13-6-4-3-5-7-13/h13,15H,3-12H2,1-2H3. The topological polar surface area (TPSA) is 24.5 Å². The van der Waals surface area contributed by atoms with Crippen molar-refractivity contribution in [3.8, 4) is 0 Å². The minimum atomic E-state index is 0.117. The number of nitrogens with one attached hydrogen (secondary N) is 1. The van der Waals surface area contributed by atoms with Crippen molar-refractivity contribution in [2.24, 2.45) is 5.92 Å². The molecule has 0 aromatic heterocycles. The summed E-state index contributed by atoms with van der Waals surface area (Å²) in [6.45, 7) is 7.44. The predicted octanol–water partition coefficient (Wildman–Crippen LogP) is 1.88. The molecule has 1 N–H and O–H groups in total. The van der Waals surface area contributed by atoms with Gasteiger partial charge in [0.1, 0.15) is 0 Å². The Kier molecular flexibility index (Phi) is 4.83. The summed E-state index contributed by atoms with van der Waals surface area (Å²) in [5, 5.41) is 3.27. The quantitative estimate of drug-likeness (QED) is 0.767. The van der Waals surface area contributed by atoms with Crippen molar-refractivity contribution in [1.82, 2.24) is 10.2 Å². The molecule has 0 aromatic rings. The highest BCUT2D eigenvalue weighted by atomic mass is 16.5. The van der Waals surface area contributed by atoms with E-state index in [2.05, 4.69) is 24.2 Å². The molecule has 0 unspecified atom stereocenters. The van der Waals surface area contributed by atoms with Gasteiger partial charge in [0.15, 0.2) is 0 Å². The van der Waals surface area contributed by atoms with E-state index < -0.39 is 0 Å². The largest absolute Gasteiger partial charge is 0.371 e. The normalized spacial score (nSPS) is 24.9. The third-order valence-electron chi connectivity index (χ3n) is 4.22. The first-order valence-corrected chi connectivity index (χ1v) is 7.21. The first-order chi connectivity index (χ1) is 8.18. The minimum Gasteiger partial charge on any atom is -0.371 e. The van der Waals surface area contributed by atoms with Crippen molar-refractivity contribution >= 4 is 0 Å². The van der Waals surface area contributed by atoms with E-state index in [9.17, 15) is 0 Å². The first kappa shape index (κ1) is 13.3. The molecule has 1 heterocycles. The van der Waals surface area contributed by atoms with E-state index >= 15 is 0 Å². The molecule has 2 rings (SSSR count). The second-order valence-electron chi connectivity index (χ2n) is 6.17. The third kappa shape index (κ3) is 4.23. The molecule has 0 amide bonds. The van der Waals surface area contributed by atoms with Crippen LogP contribution in [0.4, 0.5) is 0 Å². The monoisotopic (exact) mass is 240 g/mol. The van der Waals surface area contributed by atoms with Gasteiger partial charge in [-0.3, -0.25) is 0 Å². The summed E-state index contributed by atoms with van der Waals surface area (Å²) in [6, 6.07) is 0. The van der Waals surface area contributed by atoms with Crippen LogP contribution in [0.2, 0.25) is 0 Å². The molecule has 2 fully saturated rings. The molecule has 0 atom stereocenters. The highest BCUT2D eigenvalue weighted by Gasteiger charge is 2.32. The third-order valence-corrected chi connectivity index (χ3v) is 4.22. The number of likely N-dealkylation sites (N-methyl/N-ethyl adjacent to an activating group) is 1. The van der Waals surface area contributed by atoms with Crippen LogP contribution < -0.4 is 5.32 Å². The summed E-state index contributed by atoms with van der Waals surface area (Å²) >= 11 is 0. The van der Waals surface area contributed by atoms with Crippen LogP contribution in [0.25, 0.3) is 0 Å². The molecule has 0 bridgehead atoms. The second kappa shape index (κ2) is 6.17. The summed E-state index contributed by atoms with van der Waals surface area (Å²) in [5.74, 6) is 0.940. The molecule has 1 aliphatic carbocycles. The maximum atomic E-state index is 5.92. The molecular formula is C14H28N2O. The Hall–Kier alpha value is -0.120. The van der Waals surface area contributed by atoms with Crippen molar-refractivity contribution in [2.45, 2.75) is 44.6 Å². The molecule has 17 heavy (non-hydrogen) atoms. The van der Waals surface area contributed by atoms with E-state index in [4.69, 9.17) is 4.74 Å². The lowest BCUT2D eigenvalue weighted by molar-refractivity contribution is -0.0715. The maximum absolute atomic E-state index is 5.92. The van der Waals surface area contributed by atoms with E-state index in [-0.39, 0.29) is 5.60 Å². The lowest BCUT2D eigenvalue weighted by Gasteiger charge is -2.39. The van der Waals surface area contributed by atoms with E-state index in [1.807, 2.05) is 0 Å². The fourth-order valence-electron chi connectivity index (χ4n) is 2.93. The van der Waals surface area contributed by atoms with Gasteiger partial charge in [0, 0.05) is 26.2 Å². The number of hydrogen-bond acceptors (Lipinski definition) is 3. The van der Waals surface area contributed by atoms with Crippen LogP contribution in [0.5, 0.6) is 0 Å². The Balaban J connectivity index is 1.55. The molecule has 3 nitrogen and oxygen atoms in total. The van der Waals surface area contributed by atoms with Gasteiger partial charge in [-0.15, -0.1) is 0 Å². The fraction of sp³-hybridized carbons (Fsp3) is 1.00. The van der Waals surface area contributed by atoms with Gasteiger partial charge in [-0.1, -0.05) is 19.3 Å². The first-order valence-electron chi connectivity index (χ1n) is 7.21.